The molecule has 0 saturated heterocycles. The summed E-state index contributed by atoms with van der Waals surface area (Å²) >= 11 is 9.43. The molecule has 1 aromatic rings. The molecule has 2 nitrogen and oxygen atoms in total. The molecule has 0 amide bonds. The van der Waals surface area contributed by atoms with Gasteiger partial charge in [-0.3, -0.25) is 0 Å². The van der Waals surface area contributed by atoms with E-state index in [4.69, 9.17) is 17.3 Å². The second-order valence-electron chi connectivity index (χ2n) is 4.66. The lowest BCUT2D eigenvalue weighted by Crippen LogP contribution is -2.36. The molecule has 2 rings (SSSR count). The van der Waals surface area contributed by atoms with Crippen molar-refractivity contribution in [3.05, 3.63) is 27.7 Å². The van der Waals surface area contributed by atoms with Crippen molar-refractivity contribution in [3.63, 3.8) is 0 Å². The molecule has 17 heavy (non-hydrogen) atoms. The van der Waals surface area contributed by atoms with Gasteiger partial charge in [0.05, 0.1) is 5.02 Å². The van der Waals surface area contributed by atoms with Crippen LogP contribution in [0.25, 0.3) is 0 Å². The highest BCUT2D eigenvalue weighted by molar-refractivity contribution is 9.10. The molecule has 1 aliphatic carbocycles. The Balaban J connectivity index is 2.05. The summed E-state index contributed by atoms with van der Waals surface area (Å²) < 4.78 is 0.935. The van der Waals surface area contributed by atoms with E-state index in [-0.39, 0.29) is 0 Å². The quantitative estimate of drug-likeness (QED) is 0.883. The van der Waals surface area contributed by atoms with Gasteiger partial charge in [-0.05, 0) is 59.4 Å². The number of nitrogens with one attached hydrogen (secondary N) is 1. The zero-order valence-electron chi connectivity index (χ0n) is 9.76. The van der Waals surface area contributed by atoms with Crippen LogP contribution >= 0.6 is 27.5 Å². The van der Waals surface area contributed by atoms with Crippen LogP contribution in [0.2, 0.25) is 5.02 Å². The zero-order chi connectivity index (χ0) is 12.3. The fraction of sp³-hybridized carbons (Fsp3) is 0.538. The number of nitrogens with two attached hydrogens (primary N) is 1. The van der Waals surface area contributed by atoms with Crippen LogP contribution in [0.1, 0.15) is 25.7 Å². The molecule has 1 aliphatic rings. The number of rotatable bonds is 3. The Morgan fingerprint density at radius 1 is 1.35 bits per heavy atom. The number of halogens is 2. The minimum absolute atomic E-state index is 0.502. The lowest BCUT2D eigenvalue weighted by Gasteiger charge is -2.32. The van der Waals surface area contributed by atoms with Crippen LogP contribution < -0.4 is 11.1 Å². The second-order valence-corrected chi connectivity index (χ2v) is 5.92. The van der Waals surface area contributed by atoms with Crippen molar-refractivity contribution in [1.82, 2.24) is 0 Å². The van der Waals surface area contributed by atoms with Gasteiger partial charge in [0.15, 0.2) is 0 Å². The fourth-order valence-electron chi connectivity index (χ4n) is 2.48. The number of anilines is 1. The van der Waals surface area contributed by atoms with Gasteiger partial charge in [-0.2, -0.15) is 0 Å². The van der Waals surface area contributed by atoms with E-state index in [9.17, 15) is 0 Å². The lowest BCUT2D eigenvalue weighted by atomic mass is 9.84. The van der Waals surface area contributed by atoms with E-state index in [2.05, 4.69) is 21.2 Å². The Bertz CT molecular complexity index is 384. The highest BCUT2D eigenvalue weighted by Crippen LogP contribution is 2.29. The first-order valence-corrected chi connectivity index (χ1v) is 7.29. The molecule has 0 heterocycles. The summed E-state index contributed by atoms with van der Waals surface area (Å²) in [5.41, 5.74) is 6.95. The van der Waals surface area contributed by atoms with Crippen molar-refractivity contribution >= 4 is 33.2 Å². The van der Waals surface area contributed by atoms with Gasteiger partial charge in [-0.15, -0.1) is 0 Å². The highest BCUT2D eigenvalue weighted by atomic mass is 79.9. The van der Waals surface area contributed by atoms with E-state index >= 15 is 0 Å². The summed E-state index contributed by atoms with van der Waals surface area (Å²) in [6.45, 7) is 0.770. The van der Waals surface area contributed by atoms with Gasteiger partial charge < -0.3 is 11.1 Å². The molecule has 4 heteroatoms. The molecule has 1 fully saturated rings. The smallest absolute Gasteiger partial charge is 0.0549 e. The predicted octanol–water partition coefficient (Wildman–Crippen LogP) is 4.03. The molecule has 0 aliphatic heterocycles. The molecule has 0 bridgehead atoms. The maximum Gasteiger partial charge on any atom is 0.0549 e. The maximum atomic E-state index is 5.98. The van der Waals surface area contributed by atoms with Crippen LogP contribution in [0.15, 0.2) is 22.7 Å². The topological polar surface area (TPSA) is 38.0 Å². The van der Waals surface area contributed by atoms with Crippen molar-refractivity contribution in [2.75, 3.05) is 11.9 Å². The van der Waals surface area contributed by atoms with Crippen LogP contribution in [0.5, 0.6) is 0 Å². The van der Waals surface area contributed by atoms with Gasteiger partial charge in [0.25, 0.3) is 0 Å². The lowest BCUT2D eigenvalue weighted by molar-refractivity contribution is 0.332. The van der Waals surface area contributed by atoms with Gasteiger partial charge >= 0.3 is 0 Å². The number of benzene rings is 1. The van der Waals surface area contributed by atoms with Crippen molar-refractivity contribution in [1.29, 1.82) is 0 Å². The van der Waals surface area contributed by atoms with Crippen LogP contribution in [-0.4, -0.2) is 12.6 Å². The monoisotopic (exact) mass is 316 g/mol. The van der Waals surface area contributed by atoms with Crippen LogP contribution in [-0.2, 0) is 0 Å². The highest BCUT2D eigenvalue weighted by Gasteiger charge is 2.23. The summed E-state index contributed by atoms with van der Waals surface area (Å²) in [5.74, 6) is 0.596. The van der Waals surface area contributed by atoms with Crippen LogP contribution in [0.4, 0.5) is 5.69 Å². The first-order chi connectivity index (χ1) is 8.20. The fourth-order valence-corrected chi connectivity index (χ4v) is 2.98. The molecule has 2 unspecified atom stereocenters. The third-order valence-electron chi connectivity index (χ3n) is 3.48. The minimum Gasteiger partial charge on any atom is -0.382 e. The summed E-state index contributed by atoms with van der Waals surface area (Å²) in [6, 6.07) is 6.47. The average Bonchev–Trinajstić information content (AvgIpc) is 2.34. The number of hydrogen-bond acceptors (Lipinski definition) is 2. The summed E-state index contributed by atoms with van der Waals surface area (Å²) in [7, 11) is 0. The largest absolute Gasteiger partial charge is 0.382 e. The number of hydrogen-bond donors (Lipinski definition) is 2. The maximum absolute atomic E-state index is 5.98. The van der Waals surface area contributed by atoms with E-state index < -0.39 is 0 Å². The van der Waals surface area contributed by atoms with E-state index in [1.807, 2.05) is 18.2 Å². The molecule has 3 N–H and O–H groups in total. The van der Waals surface area contributed by atoms with Crippen molar-refractivity contribution in [2.24, 2.45) is 11.7 Å². The first-order valence-electron chi connectivity index (χ1n) is 6.12. The Hall–Kier alpha value is -0.250. The molecule has 0 aromatic heterocycles. The van der Waals surface area contributed by atoms with Crippen molar-refractivity contribution in [3.8, 4) is 0 Å². The van der Waals surface area contributed by atoms with E-state index in [1.54, 1.807) is 0 Å². The molecule has 0 radical (unpaired) electrons. The van der Waals surface area contributed by atoms with Crippen LogP contribution in [0.3, 0.4) is 0 Å². The normalized spacial score (nSPS) is 24.6. The van der Waals surface area contributed by atoms with Crippen molar-refractivity contribution in [2.45, 2.75) is 31.7 Å². The first kappa shape index (κ1) is 13.2. The van der Waals surface area contributed by atoms with Gasteiger partial charge in [-0.25, -0.2) is 0 Å². The van der Waals surface area contributed by atoms with Crippen molar-refractivity contribution < 1.29 is 0 Å². The Labute approximate surface area is 116 Å². The van der Waals surface area contributed by atoms with Gasteiger partial charge in [0, 0.05) is 16.2 Å². The molecular weight excluding hydrogens is 300 g/mol. The van der Waals surface area contributed by atoms with Crippen LogP contribution in [0, 0.1) is 5.92 Å². The second kappa shape index (κ2) is 6.07. The SMILES string of the molecule is NCC1CCCCC1Nc1ccc(Cl)c(Br)c1. The zero-order valence-corrected chi connectivity index (χ0v) is 12.1. The predicted molar refractivity (Wildman–Crippen MR) is 77.6 cm³/mol. The third-order valence-corrected chi connectivity index (χ3v) is 4.70. The molecule has 0 spiro atoms. The van der Waals surface area contributed by atoms with Gasteiger partial charge in [0.2, 0.25) is 0 Å². The average molecular weight is 318 g/mol. The molecule has 1 aromatic carbocycles. The summed E-state index contributed by atoms with van der Waals surface area (Å²) in [6.07, 6.45) is 5.05. The summed E-state index contributed by atoms with van der Waals surface area (Å²) in [5, 5.41) is 4.33. The summed E-state index contributed by atoms with van der Waals surface area (Å²) in [4.78, 5) is 0. The molecule has 1 saturated carbocycles. The van der Waals surface area contributed by atoms with Gasteiger partial charge in [-0.1, -0.05) is 24.4 Å². The Morgan fingerprint density at radius 2 is 2.12 bits per heavy atom. The van der Waals surface area contributed by atoms with E-state index in [0.717, 1.165) is 21.7 Å². The van der Waals surface area contributed by atoms with E-state index in [0.29, 0.717) is 12.0 Å². The standard InChI is InChI=1S/C13H18BrClN2/c14-11-7-10(5-6-12(11)15)17-13-4-2-1-3-9(13)8-16/h5-7,9,13,17H,1-4,8,16H2. The Kier molecular flexibility index (Phi) is 4.71. The minimum atomic E-state index is 0.502. The Morgan fingerprint density at radius 3 is 2.82 bits per heavy atom. The van der Waals surface area contributed by atoms with Gasteiger partial charge in [0.1, 0.15) is 0 Å². The molecule has 94 valence electrons. The molecular formula is C13H18BrClN2. The van der Waals surface area contributed by atoms with E-state index in [1.165, 1.54) is 25.7 Å². The third kappa shape index (κ3) is 3.36. The molecule has 2 atom stereocenters.